The van der Waals surface area contributed by atoms with Crippen molar-refractivity contribution in [1.82, 2.24) is 10.3 Å². The van der Waals surface area contributed by atoms with Crippen LogP contribution in [0.2, 0.25) is 0 Å². The summed E-state index contributed by atoms with van der Waals surface area (Å²) in [5, 5.41) is 6.78. The predicted molar refractivity (Wildman–Crippen MR) is 76.0 cm³/mol. The van der Waals surface area contributed by atoms with Gasteiger partial charge >= 0.3 is 0 Å². The van der Waals surface area contributed by atoms with E-state index < -0.39 is 0 Å². The summed E-state index contributed by atoms with van der Waals surface area (Å²) in [5.41, 5.74) is 1.08. The lowest BCUT2D eigenvalue weighted by Crippen LogP contribution is -2.26. The van der Waals surface area contributed by atoms with E-state index >= 15 is 0 Å². The van der Waals surface area contributed by atoms with Crippen LogP contribution in [0.1, 0.15) is 63.2 Å². The van der Waals surface area contributed by atoms with E-state index in [-0.39, 0.29) is 5.60 Å². The predicted octanol–water partition coefficient (Wildman–Crippen LogP) is 3.62. The first-order chi connectivity index (χ1) is 8.72. The standard InChI is InChI=1S/C14H24N2OS/c1-4-15-11(3)12-10-18-13(16-12)14(17-5-2)8-6-7-9-14/h10-11,15H,4-9H2,1-3H3. The lowest BCUT2D eigenvalue weighted by molar-refractivity contribution is -0.0392. The Morgan fingerprint density at radius 3 is 2.78 bits per heavy atom. The molecule has 0 aliphatic heterocycles. The van der Waals surface area contributed by atoms with Crippen LogP contribution in [0.4, 0.5) is 0 Å². The molecule has 1 atom stereocenters. The molecule has 1 unspecified atom stereocenters. The van der Waals surface area contributed by atoms with Crippen LogP contribution in [0.15, 0.2) is 5.38 Å². The minimum atomic E-state index is -0.0798. The van der Waals surface area contributed by atoms with Crippen LogP contribution >= 0.6 is 11.3 Å². The van der Waals surface area contributed by atoms with Crippen molar-refractivity contribution < 1.29 is 4.74 Å². The van der Waals surface area contributed by atoms with E-state index in [2.05, 4.69) is 31.5 Å². The van der Waals surface area contributed by atoms with E-state index in [0.29, 0.717) is 6.04 Å². The molecule has 102 valence electrons. The Labute approximate surface area is 114 Å². The average molecular weight is 268 g/mol. The molecule has 1 heterocycles. The fourth-order valence-electron chi connectivity index (χ4n) is 2.75. The fourth-order valence-corrected chi connectivity index (χ4v) is 3.87. The van der Waals surface area contributed by atoms with Crippen molar-refractivity contribution in [3.63, 3.8) is 0 Å². The molecule has 1 N–H and O–H groups in total. The summed E-state index contributed by atoms with van der Waals surface area (Å²) in [4.78, 5) is 4.83. The largest absolute Gasteiger partial charge is 0.368 e. The molecule has 1 aliphatic rings. The van der Waals surface area contributed by atoms with Crippen molar-refractivity contribution in [3.8, 4) is 0 Å². The maximum Gasteiger partial charge on any atom is 0.125 e. The first-order valence-electron chi connectivity index (χ1n) is 7.05. The van der Waals surface area contributed by atoms with Gasteiger partial charge in [-0.3, -0.25) is 0 Å². The summed E-state index contributed by atoms with van der Waals surface area (Å²) in [5.74, 6) is 0. The van der Waals surface area contributed by atoms with Gasteiger partial charge in [-0.1, -0.05) is 19.8 Å². The molecule has 1 aliphatic carbocycles. The lowest BCUT2D eigenvalue weighted by atomic mass is 10.0. The van der Waals surface area contributed by atoms with E-state index in [9.17, 15) is 0 Å². The molecule has 1 saturated carbocycles. The molecule has 3 nitrogen and oxygen atoms in total. The number of nitrogens with zero attached hydrogens (tertiary/aromatic N) is 1. The Bertz CT molecular complexity index is 372. The van der Waals surface area contributed by atoms with Crippen molar-refractivity contribution in [2.75, 3.05) is 13.2 Å². The van der Waals surface area contributed by atoms with Crippen LogP contribution < -0.4 is 5.32 Å². The smallest absolute Gasteiger partial charge is 0.125 e. The van der Waals surface area contributed by atoms with Crippen LogP contribution in [0.25, 0.3) is 0 Å². The molecule has 0 amide bonds. The third-order valence-corrected chi connectivity index (χ3v) is 4.74. The van der Waals surface area contributed by atoms with Gasteiger partial charge in [0.25, 0.3) is 0 Å². The van der Waals surface area contributed by atoms with Crippen LogP contribution in [-0.4, -0.2) is 18.1 Å². The van der Waals surface area contributed by atoms with E-state index in [0.717, 1.165) is 31.7 Å². The molecular weight excluding hydrogens is 244 g/mol. The van der Waals surface area contributed by atoms with Gasteiger partial charge in [-0.05, 0) is 33.2 Å². The van der Waals surface area contributed by atoms with Gasteiger partial charge in [0, 0.05) is 18.0 Å². The van der Waals surface area contributed by atoms with E-state index in [4.69, 9.17) is 9.72 Å². The highest BCUT2D eigenvalue weighted by molar-refractivity contribution is 7.09. The molecular formula is C14H24N2OS. The third-order valence-electron chi connectivity index (χ3n) is 3.70. The first kappa shape index (κ1) is 14.0. The van der Waals surface area contributed by atoms with Crippen molar-refractivity contribution in [2.24, 2.45) is 0 Å². The Morgan fingerprint density at radius 1 is 1.44 bits per heavy atom. The molecule has 0 aromatic carbocycles. The molecule has 1 fully saturated rings. The van der Waals surface area contributed by atoms with Gasteiger partial charge in [-0.15, -0.1) is 11.3 Å². The van der Waals surface area contributed by atoms with Gasteiger partial charge in [0.1, 0.15) is 10.6 Å². The Balaban J connectivity index is 2.16. The Kier molecular flexibility index (Phi) is 4.76. The monoisotopic (exact) mass is 268 g/mol. The van der Waals surface area contributed by atoms with Gasteiger partial charge in [-0.25, -0.2) is 4.98 Å². The number of rotatable bonds is 6. The van der Waals surface area contributed by atoms with E-state index in [1.54, 1.807) is 11.3 Å². The van der Waals surface area contributed by atoms with E-state index in [1.165, 1.54) is 17.8 Å². The van der Waals surface area contributed by atoms with Crippen LogP contribution in [0.3, 0.4) is 0 Å². The first-order valence-corrected chi connectivity index (χ1v) is 7.93. The summed E-state index contributed by atoms with van der Waals surface area (Å²) < 4.78 is 6.06. The number of thiazole rings is 1. The van der Waals surface area contributed by atoms with Crippen molar-refractivity contribution in [2.45, 2.75) is 58.1 Å². The van der Waals surface area contributed by atoms with Gasteiger partial charge in [-0.2, -0.15) is 0 Å². The highest BCUT2D eigenvalue weighted by atomic mass is 32.1. The molecule has 0 bridgehead atoms. The second-order valence-corrected chi connectivity index (χ2v) is 5.85. The van der Waals surface area contributed by atoms with Crippen molar-refractivity contribution in [3.05, 3.63) is 16.1 Å². The summed E-state index contributed by atoms with van der Waals surface area (Å²) in [6.45, 7) is 8.13. The van der Waals surface area contributed by atoms with Crippen LogP contribution in [0.5, 0.6) is 0 Å². The van der Waals surface area contributed by atoms with Crippen LogP contribution in [-0.2, 0) is 10.3 Å². The Morgan fingerprint density at radius 2 is 2.17 bits per heavy atom. The number of aromatic nitrogens is 1. The number of ether oxygens (including phenoxy) is 1. The second kappa shape index (κ2) is 6.13. The molecule has 0 radical (unpaired) electrons. The zero-order valence-corrected chi connectivity index (χ0v) is 12.5. The maximum absolute atomic E-state index is 6.06. The van der Waals surface area contributed by atoms with Crippen molar-refractivity contribution in [1.29, 1.82) is 0 Å². The van der Waals surface area contributed by atoms with Gasteiger partial charge in [0.2, 0.25) is 0 Å². The van der Waals surface area contributed by atoms with Gasteiger partial charge in [0.15, 0.2) is 0 Å². The normalized spacial score (nSPS) is 20.2. The fraction of sp³-hybridized carbons (Fsp3) is 0.786. The SMILES string of the molecule is CCNC(C)c1csc(C2(OCC)CCCC2)n1. The number of hydrogen-bond acceptors (Lipinski definition) is 4. The number of nitrogens with one attached hydrogen (secondary N) is 1. The zero-order chi connectivity index (χ0) is 13.0. The summed E-state index contributed by atoms with van der Waals surface area (Å²) in [7, 11) is 0. The molecule has 4 heteroatoms. The molecule has 0 spiro atoms. The van der Waals surface area contributed by atoms with Gasteiger partial charge < -0.3 is 10.1 Å². The topological polar surface area (TPSA) is 34.1 Å². The van der Waals surface area contributed by atoms with Crippen LogP contribution in [0, 0.1) is 0 Å². The lowest BCUT2D eigenvalue weighted by Gasteiger charge is -2.26. The minimum Gasteiger partial charge on any atom is -0.368 e. The second-order valence-electron chi connectivity index (χ2n) is 4.99. The molecule has 18 heavy (non-hydrogen) atoms. The van der Waals surface area contributed by atoms with Gasteiger partial charge in [0.05, 0.1) is 5.69 Å². The summed E-state index contributed by atoms with van der Waals surface area (Å²) in [6.07, 6.45) is 4.78. The Hall–Kier alpha value is -0.450. The van der Waals surface area contributed by atoms with Crippen molar-refractivity contribution >= 4 is 11.3 Å². The average Bonchev–Trinajstić information content (AvgIpc) is 2.98. The highest BCUT2D eigenvalue weighted by Gasteiger charge is 2.39. The summed E-state index contributed by atoms with van der Waals surface area (Å²) in [6, 6.07) is 0.333. The molecule has 2 rings (SSSR count). The molecule has 1 aromatic rings. The quantitative estimate of drug-likeness (QED) is 0.855. The molecule has 0 saturated heterocycles. The van der Waals surface area contributed by atoms with E-state index in [1.807, 2.05) is 0 Å². The third kappa shape index (κ3) is 2.76. The summed E-state index contributed by atoms with van der Waals surface area (Å²) >= 11 is 1.76. The maximum atomic E-state index is 6.06. The molecule has 1 aromatic heterocycles. The highest BCUT2D eigenvalue weighted by Crippen LogP contribution is 2.43. The minimum absolute atomic E-state index is 0.0798. The number of hydrogen-bond donors (Lipinski definition) is 1. The zero-order valence-electron chi connectivity index (χ0n) is 11.7.